The van der Waals surface area contributed by atoms with E-state index in [4.69, 9.17) is 5.26 Å². The van der Waals surface area contributed by atoms with Gasteiger partial charge >= 0.3 is 0 Å². The van der Waals surface area contributed by atoms with E-state index < -0.39 is 5.60 Å². The van der Waals surface area contributed by atoms with Gasteiger partial charge in [0.1, 0.15) is 6.07 Å². The van der Waals surface area contributed by atoms with E-state index in [1.807, 2.05) is 39.0 Å². The second-order valence-electron chi connectivity index (χ2n) is 4.39. The van der Waals surface area contributed by atoms with Crippen molar-refractivity contribution in [2.45, 2.75) is 39.2 Å². The zero-order valence-corrected chi connectivity index (χ0v) is 10.7. The first-order valence-corrected chi connectivity index (χ1v) is 6.02. The molecule has 3 heteroatoms. The minimum Gasteiger partial charge on any atom is -0.388 e. The van der Waals surface area contributed by atoms with E-state index >= 15 is 0 Å². The van der Waals surface area contributed by atoms with Crippen molar-refractivity contribution in [2.24, 2.45) is 0 Å². The van der Waals surface area contributed by atoms with Gasteiger partial charge in [-0.3, -0.25) is 0 Å². The lowest BCUT2D eigenvalue weighted by Gasteiger charge is -2.26. The van der Waals surface area contributed by atoms with Gasteiger partial charge in [-0.1, -0.05) is 26.0 Å². The van der Waals surface area contributed by atoms with Crippen LogP contribution in [0.4, 0.5) is 5.69 Å². The van der Waals surface area contributed by atoms with Gasteiger partial charge in [0, 0.05) is 6.54 Å². The van der Waals surface area contributed by atoms with E-state index in [0.717, 1.165) is 11.3 Å². The quantitative estimate of drug-likeness (QED) is 0.820. The third-order valence-corrected chi connectivity index (χ3v) is 3.31. The monoisotopic (exact) mass is 232 g/mol. The maximum atomic E-state index is 10.2. The molecular formula is C14H20N2O. The molecule has 1 aromatic carbocycles. The lowest BCUT2D eigenvalue weighted by molar-refractivity contribution is 0.0457. The molecular weight excluding hydrogens is 212 g/mol. The van der Waals surface area contributed by atoms with Crippen LogP contribution in [0.5, 0.6) is 0 Å². The maximum absolute atomic E-state index is 10.2. The lowest BCUT2D eigenvalue weighted by atomic mass is 9.97. The number of aliphatic hydroxyl groups is 1. The molecule has 92 valence electrons. The standard InChI is InChI=1S/C14H20N2O/c1-4-14(17,5-2)10-16-13-8-6-7-11(3)12(13)9-15/h6-8,16-17H,4-5,10H2,1-3H3. The molecule has 0 radical (unpaired) electrons. The van der Waals surface area contributed by atoms with Crippen LogP contribution in [0.15, 0.2) is 18.2 Å². The molecule has 2 N–H and O–H groups in total. The van der Waals surface area contributed by atoms with Gasteiger partial charge in [0.15, 0.2) is 0 Å². The van der Waals surface area contributed by atoms with E-state index in [2.05, 4.69) is 11.4 Å². The Hall–Kier alpha value is -1.53. The summed E-state index contributed by atoms with van der Waals surface area (Å²) in [6.45, 7) is 6.31. The number of anilines is 1. The van der Waals surface area contributed by atoms with Gasteiger partial charge in [-0.25, -0.2) is 0 Å². The fourth-order valence-corrected chi connectivity index (χ4v) is 1.72. The van der Waals surface area contributed by atoms with Gasteiger partial charge in [0.2, 0.25) is 0 Å². The summed E-state index contributed by atoms with van der Waals surface area (Å²) < 4.78 is 0. The lowest BCUT2D eigenvalue weighted by Crippen LogP contribution is -2.35. The highest BCUT2D eigenvalue weighted by Crippen LogP contribution is 2.21. The van der Waals surface area contributed by atoms with Crippen LogP contribution in [0.25, 0.3) is 0 Å². The first-order chi connectivity index (χ1) is 8.06. The second-order valence-corrected chi connectivity index (χ2v) is 4.39. The fourth-order valence-electron chi connectivity index (χ4n) is 1.72. The highest BCUT2D eigenvalue weighted by atomic mass is 16.3. The summed E-state index contributed by atoms with van der Waals surface area (Å²) in [6.07, 6.45) is 1.40. The molecule has 1 aromatic rings. The Kier molecular flexibility index (Phi) is 4.53. The molecule has 0 fully saturated rings. The fraction of sp³-hybridized carbons (Fsp3) is 0.500. The molecule has 0 aliphatic carbocycles. The van der Waals surface area contributed by atoms with Gasteiger partial charge in [-0.05, 0) is 31.4 Å². The Morgan fingerprint density at radius 2 is 2.00 bits per heavy atom. The smallest absolute Gasteiger partial charge is 0.102 e. The second kappa shape index (κ2) is 5.70. The van der Waals surface area contributed by atoms with Crippen molar-refractivity contribution >= 4 is 5.69 Å². The van der Waals surface area contributed by atoms with Crippen molar-refractivity contribution in [1.82, 2.24) is 0 Å². The molecule has 0 saturated heterocycles. The third-order valence-electron chi connectivity index (χ3n) is 3.31. The summed E-state index contributed by atoms with van der Waals surface area (Å²) in [5.41, 5.74) is 1.71. The number of nitriles is 1. The molecule has 0 unspecified atom stereocenters. The number of nitrogens with one attached hydrogen (secondary N) is 1. The summed E-state index contributed by atoms with van der Waals surface area (Å²) in [6, 6.07) is 7.89. The maximum Gasteiger partial charge on any atom is 0.102 e. The van der Waals surface area contributed by atoms with Gasteiger partial charge < -0.3 is 10.4 Å². The van der Waals surface area contributed by atoms with Crippen LogP contribution in [-0.4, -0.2) is 17.3 Å². The van der Waals surface area contributed by atoms with E-state index in [1.165, 1.54) is 0 Å². The molecule has 0 heterocycles. The van der Waals surface area contributed by atoms with Gasteiger partial charge in [0.25, 0.3) is 0 Å². The third kappa shape index (κ3) is 3.21. The number of benzene rings is 1. The minimum atomic E-state index is -0.698. The SMILES string of the molecule is CCC(O)(CC)CNc1cccc(C)c1C#N. The molecule has 0 aliphatic rings. The van der Waals surface area contributed by atoms with Crippen molar-refractivity contribution in [3.63, 3.8) is 0 Å². The van der Waals surface area contributed by atoms with Gasteiger partial charge in [0.05, 0.1) is 16.9 Å². The predicted octanol–water partition coefficient (Wildman–Crippen LogP) is 2.83. The van der Waals surface area contributed by atoms with Crippen LogP contribution in [0, 0.1) is 18.3 Å². The average Bonchev–Trinajstić information content (AvgIpc) is 2.36. The van der Waals surface area contributed by atoms with Crippen molar-refractivity contribution in [3.8, 4) is 6.07 Å². The van der Waals surface area contributed by atoms with Crippen molar-refractivity contribution in [3.05, 3.63) is 29.3 Å². The largest absolute Gasteiger partial charge is 0.388 e. The topological polar surface area (TPSA) is 56.0 Å². The van der Waals surface area contributed by atoms with Gasteiger partial charge in [-0.15, -0.1) is 0 Å². The molecule has 17 heavy (non-hydrogen) atoms. The summed E-state index contributed by atoms with van der Waals surface area (Å²) in [4.78, 5) is 0. The molecule has 3 nitrogen and oxygen atoms in total. The van der Waals surface area contributed by atoms with Crippen LogP contribution in [-0.2, 0) is 0 Å². The van der Waals surface area contributed by atoms with E-state index in [0.29, 0.717) is 24.9 Å². The van der Waals surface area contributed by atoms with Crippen LogP contribution in [0.3, 0.4) is 0 Å². The number of hydrogen-bond acceptors (Lipinski definition) is 3. The molecule has 1 rings (SSSR count). The zero-order valence-electron chi connectivity index (χ0n) is 10.7. The number of rotatable bonds is 5. The van der Waals surface area contributed by atoms with Crippen LogP contribution < -0.4 is 5.32 Å². The zero-order chi connectivity index (χ0) is 12.9. The predicted molar refractivity (Wildman–Crippen MR) is 69.9 cm³/mol. The first kappa shape index (κ1) is 13.5. The Morgan fingerprint density at radius 1 is 1.35 bits per heavy atom. The normalized spacial score (nSPS) is 11.0. The first-order valence-electron chi connectivity index (χ1n) is 6.02. The van der Waals surface area contributed by atoms with Crippen LogP contribution in [0.1, 0.15) is 37.8 Å². The molecule has 0 bridgehead atoms. The van der Waals surface area contributed by atoms with Crippen molar-refractivity contribution in [1.29, 1.82) is 5.26 Å². The summed E-state index contributed by atoms with van der Waals surface area (Å²) in [7, 11) is 0. The Morgan fingerprint density at radius 3 is 2.53 bits per heavy atom. The highest BCUT2D eigenvalue weighted by Gasteiger charge is 2.22. The van der Waals surface area contributed by atoms with Crippen molar-refractivity contribution in [2.75, 3.05) is 11.9 Å². The molecule has 0 atom stereocenters. The van der Waals surface area contributed by atoms with E-state index in [1.54, 1.807) is 0 Å². The number of aryl methyl sites for hydroxylation is 1. The summed E-state index contributed by atoms with van der Waals surface area (Å²) >= 11 is 0. The Labute approximate surface area is 103 Å². The molecule has 0 saturated carbocycles. The Bertz CT molecular complexity index is 417. The summed E-state index contributed by atoms with van der Waals surface area (Å²) in [5, 5.41) is 22.4. The molecule has 0 spiro atoms. The molecule has 0 amide bonds. The van der Waals surface area contributed by atoms with Crippen LogP contribution >= 0.6 is 0 Å². The van der Waals surface area contributed by atoms with Crippen molar-refractivity contribution < 1.29 is 5.11 Å². The Balaban J connectivity index is 2.83. The van der Waals surface area contributed by atoms with E-state index in [9.17, 15) is 5.11 Å². The number of nitrogens with zero attached hydrogens (tertiary/aromatic N) is 1. The van der Waals surface area contributed by atoms with Crippen LogP contribution in [0.2, 0.25) is 0 Å². The number of hydrogen-bond donors (Lipinski definition) is 2. The molecule has 0 aromatic heterocycles. The van der Waals surface area contributed by atoms with E-state index in [-0.39, 0.29) is 0 Å². The highest BCUT2D eigenvalue weighted by molar-refractivity contribution is 5.60. The average molecular weight is 232 g/mol. The van der Waals surface area contributed by atoms with Gasteiger partial charge in [-0.2, -0.15) is 5.26 Å². The summed E-state index contributed by atoms with van der Waals surface area (Å²) in [5.74, 6) is 0. The minimum absolute atomic E-state index is 0.470. The molecule has 0 aliphatic heterocycles.